The van der Waals surface area contributed by atoms with E-state index in [0.29, 0.717) is 5.02 Å². The zero-order chi connectivity index (χ0) is 13.2. The van der Waals surface area contributed by atoms with Crippen molar-refractivity contribution in [2.75, 3.05) is 19.0 Å². The summed E-state index contributed by atoms with van der Waals surface area (Å²) in [5, 5.41) is 3.83. The summed E-state index contributed by atoms with van der Waals surface area (Å²) in [7, 11) is 1.57. The van der Waals surface area contributed by atoms with Crippen molar-refractivity contribution in [3.8, 4) is 0 Å². The van der Waals surface area contributed by atoms with Crippen LogP contribution in [0.15, 0.2) is 24.3 Å². The highest BCUT2D eigenvalue weighted by molar-refractivity contribution is 6.30. The number of benzene rings is 1. The Bertz CT molecular complexity index is 448. The van der Waals surface area contributed by atoms with Crippen molar-refractivity contribution in [2.24, 2.45) is 11.7 Å². The molecule has 2 rings (SSSR count). The number of nitrogens with two attached hydrogens (primary N) is 1. The van der Waals surface area contributed by atoms with E-state index in [-0.39, 0.29) is 18.4 Å². The highest BCUT2D eigenvalue weighted by Crippen LogP contribution is 2.42. The second-order valence-corrected chi connectivity index (χ2v) is 5.11. The molecule has 1 amide bonds. The zero-order valence-corrected chi connectivity index (χ0v) is 11.0. The molecule has 98 valence electrons. The van der Waals surface area contributed by atoms with Gasteiger partial charge in [0.05, 0.1) is 6.61 Å². The molecule has 1 saturated carbocycles. The van der Waals surface area contributed by atoms with E-state index in [0.717, 1.165) is 18.5 Å². The summed E-state index contributed by atoms with van der Waals surface area (Å²) in [6, 6.07) is 7.25. The minimum absolute atomic E-state index is 0.230. The van der Waals surface area contributed by atoms with Gasteiger partial charge < -0.3 is 15.8 Å². The van der Waals surface area contributed by atoms with Crippen LogP contribution in [0.4, 0.5) is 5.69 Å². The average molecular weight is 269 g/mol. The number of nitrogens with one attached hydrogen (secondary N) is 1. The smallest absolute Gasteiger partial charge is 0.245 e. The monoisotopic (exact) mass is 268 g/mol. The predicted molar refractivity (Wildman–Crippen MR) is 71.6 cm³/mol. The molecule has 1 aliphatic rings. The molecular formula is C13H17ClN2O2. The van der Waals surface area contributed by atoms with Crippen molar-refractivity contribution in [1.29, 1.82) is 0 Å². The summed E-state index contributed by atoms with van der Waals surface area (Å²) in [6.45, 7) is 0.263. The van der Waals surface area contributed by atoms with Gasteiger partial charge in [0.15, 0.2) is 0 Å². The Morgan fingerprint density at radius 3 is 2.83 bits per heavy atom. The SMILES string of the molecule is COCC(Nc1cccc(Cl)c1)(C(N)=O)C1CC1. The summed E-state index contributed by atoms with van der Waals surface area (Å²) in [5.41, 5.74) is 5.52. The number of rotatable bonds is 6. The van der Waals surface area contributed by atoms with E-state index < -0.39 is 5.54 Å². The van der Waals surface area contributed by atoms with Crippen molar-refractivity contribution in [3.05, 3.63) is 29.3 Å². The Balaban J connectivity index is 2.26. The van der Waals surface area contributed by atoms with Crippen LogP contribution >= 0.6 is 11.6 Å². The Morgan fingerprint density at radius 1 is 1.61 bits per heavy atom. The Hall–Kier alpha value is -1.26. The topological polar surface area (TPSA) is 64.3 Å². The molecule has 1 fully saturated rings. The van der Waals surface area contributed by atoms with Crippen LogP contribution in [-0.2, 0) is 9.53 Å². The second-order valence-electron chi connectivity index (χ2n) is 4.68. The Morgan fingerprint density at radius 2 is 2.33 bits per heavy atom. The first-order valence-corrected chi connectivity index (χ1v) is 6.29. The third kappa shape index (κ3) is 2.60. The molecule has 1 atom stereocenters. The molecule has 0 saturated heterocycles. The van der Waals surface area contributed by atoms with E-state index in [1.54, 1.807) is 19.2 Å². The van der Waals surface area contributed by atoms with E-state index in [1.165, 1.54) is 0 Å². The van der Waals surface area contributed by atoms with Crippen molar-refractivity contribution in [3.63, 3.8) is 0 Å². The van der Waals surface area contributed by atoms with E-state index in [2.05, 4.69) is 5.32 Å². The highest BCUT2D eigenvalue weighted by Gasteiger charge is 2.50. The third-order valence-corrected chi connectivity index (χ3v) is 3.51. The van der Waals surface area contributed by atoms with Crippen LogP contribution < -0.4 is 11.1 Å². The Labute approximate surface area is 111 Å². The van der Waals surface area contributed by atoms with E-state index in [4.69, 9.17) is 22.1 Å². The number of hydrogen-bond donors (Lipinski definition) is 2. The molecule has 0 aromatic heterocycles. The fourth-order valence-corrected chi connectivity index (χ4v) is 2.41. The number of methoxy groups -OCH3 is 1. The number of hydrogen-bond acceptors (Lipinski definition) is 3. The largest absolute Gasteiger partial charge is 0.382 e. The fraction of sp³-hybridized carbons (Fsp3) is 0.462. The van der Waals surface area contributed by atoms with Crippen molar-refractivity contribution >= 4 is 23.2 Å². The second kappa shape index (κ2) is 5.16. The number of primary amides is 1. The summed E-state index contributed by atoms with van der Waals surface area (Å²) < 4.78 is 5.18. The zero-order valence-electron chi connectivity index (χ0n) is 10.3. The maximum atomic E-state index is 11.8. The third-order valence-electron chi connectivity index (χ3n) is 3.28. The minimum Gasteiger partial charge on any atom is -0.382 e. The van der Waals surface area contributed by atoms with Gasteiger partial charge in [0.2, 0.25) is 5.91 Å². The van der Waals surface area contributed by atoms with Gasteiger partial charge in [-0.3, -0.25) is 4.79 Å². The van der Waals surface area contributed by atoms with Crippen molar-refractivity contribution in [1.82, 2.24) is 0 Å². The van der Waals surface area contributed by atoms with Crippen LogP contribution in [0.25, 0.3) is 0 Å². The van der Waals surface area contributed by atoms with Gasteiger partial charge in [-0.05, 0) is 37.0 Å². The summed E-state index contributed by atoms with van der Waals surface area (Å²) in [6.07, 6.45) is 1.97. The van der Waals surface area contributed by atoms with E-state index in [1.807, 2.05) is 12.1 Å². The minimum atomic E-state index is -0.834. The highest BCUT2D eigenvalue weighted by atomic mass is 35.5. The first-order chi connectivity index (χ1) is 8.58. The molecule has 18 heavy (non-hydrogen) atoms. The molecule has 0 radical (unpaired) electrons. The van der Waals surface area contributed by atoms with Crippen LogP contribution in [0, 0.1) is 5.92 Å². The van der Waals surface area contributed by atoms with Gasteiger partial charge in [0, 0.05) is 17.8 Å². The number of ether oxygens (including phenoxy) is 1. The maximum Gasteiger partial charge on any atom is 0.245 e. The lowest BCUT2D eigenvalue weighted by molar-refractivity contribution is -0.124. The van der Waals surface area contributed by atoms with Gasteiger partial charge in [-0.2, -0.15) is 0 Å². The lowest BCUT2D eigenvalue weighted by Crippen LogP contribution is -2.55. The molecule has 1 aromatic carbocycles. The normalized spacial score (nSPS) is 18.1. The maximum absolute atomic E-state index is 11.8. The van der Waals surface area contributed by atoms with Gasteiger partial charge in [-0.25, -0.2) is 0 Å². The number of carbonyl (C=O) groups is 1. The standard InChI is InChI=1S/C13H17ClN2O2/c1-18-8-13(12(15)17,9-5-6-9)16-11-4-2-3-10(14)7-11/h2-4,7,9,16H,5-6,8H2,1H3,(H2,15,17). The van der Waals surface area contributed by atoms with Gasteiger partial charge >= 0.3 is 0 Å². The number of halogens is 1. The molecule has 0 spiro atoms. The molecule has 0 heterocycles. The summed E-state index contributed by atoms with van der Waals surface area (Å²) in [4.78, 5) is 11.8. The van der Waals surface area contributed by atoms with E-state index >= 15 is 0 Å². The summed E-state index contributed by atoms with van der Waals surface area (Å²) in [5.74, 6) is -0.152. The quantitative estimate of drug-likeness (QED) is 0.830. The van der Waals surface area contributed by atoms with Gasteiger partial charge in [0.1, 0.15) is 5.54 Å². The van der Waals surface area contributed by atoms with Gasteiger partial charge in [-0.15, -0.1) is 0 Å². The molecule has 1 aliphatic carbocycles. The number of anilines is 1. The van der Waals surface area contributed by atoms with Crippen LogP contribution in [0.5, 0.6) is 0 Å². The van der Waals surface area contributed by atoms with Gasteiger partial charge in [0.25, 0.3) is 0 Å². The van der Waals surface area contributed by atoms with Crippen LogP contribution in [0.2, 0.25) is 5.02 Å². The predicted octanol–water partition coefficient (Wildman–Crippen LogP) is 2.03. The number of carbonyl (C=O) groups excluding carboxylic acids is 1. The van der Waals surface area contributed by atoms with Crippen LogP contribution in [-0.4, -0.2) is 25.2 Å². The summed E-state index contributed by atoms with van der Waals surface area (Å²) >= 11 is 5.94. The molecule has 1 unspecified atom stereocenters. The molecule has 5 heteroatoms. The first kappa shape index (κ1) is 13.2. The average Bonchev–Trinajstić information content (AvgIpc) is 3.12. The molecule has 0 bridgehead atoms. The lowest BCUT2D eigenvalue weighted by Gasteiger charge is -2.32. The molecule has 0 aliphatic heterocycles. The Kier molecular flexibility index (Phi) is 3.78. The molecular weight excluding hydrogens is 252 g/mol. The number of amides is 1. The molecule has 1 aromatic rings. The fourth-order valence-electron chi connectivity index (χ4n) is 2.22. The lowest BCUT2D eigenvalue weighted by atomic mass is 9.92. The van der Waals surface area contributed by atoms with Crippen LogP contribution in [0.1, 0.15) is 12.8 Å². The van der Waals surface area contributed by atoms with Crippen molar-refractivity contribution < 1.29 is 9.53 Å². The van der Waals surface area contributed by atoms with E-state index in [9.17, 15) is 4.79 Å². The van der Waals surface area contributed by atoms with Gasteiger partial charge in [-0.1, -0.05) is 17.7 Å². The molecule has 3 N–H and O–H groups in total. The molecule has 4 nitrogen and oxygen atoms in total. The first-order valence-electron chi connectivity index (χ1n) is 5.91. The van der Waals surface area contributed by atoms with Crippen molar-refractivity contribution in [2.45, 2.75) is 18.4 Å². The van der Waals surface area contributed by atoms with Crippen LogP contribution in [0.3, 0.4) is 0 Å².